The fourth-order valence-corrected chi connectivity index (χ4v) is 3.67. The lowest BCUT2D eigenvalue weighted by Crippen LogP contribution is -2.31. The predicted molar refractivity (Wildman–Crippen MR) is 75.0 cm³/mol. The van der Waals surface area contributed by atoms with Crippen molar-refractivity contribution in [3.63, 3.8) is 0 Å². The number of aromatic amines is 1. The molecule has 0 bridgehead atoms. The van der Waals surface area contributed by atoms with Crippen molar-refractivity contribution in [2.24, 2.45) is 17.6 Å². The summed E-state index contributed by atoms with van der Waals surface area (Å²) in [6, 6.07) is 1.59. The summed E-state index contributed by atoms with van der Waals surface area (Å²) in [6.45, 7) is 3.11. The van der Waals surface area contributed by atoms with Gasteiger partial charge in [-0.25, -0.2) is 13.1 Å². The van der Waals surface area contributed by atoms with Crippen LogP contribution in [0.25, 0.3) is 0 Å². The van der Waals surface area contributed by atoms with Gasteiger partial charge in [-0.1, -0.05) is 19.8 Å². The molecule has 0 aliphatic heterocycles. The van der Waals surface area contributed by atoms with Gasteiger partial charge in [0.05, 0.1) is 4.90 Å². The zero-order chi connectivity index (χ0) is 13.9. The van der Waals surface area contributed by atoms with Gasteiger partial charge in [-0.2, -0.15) is 0 Å². The predicted octanol–water partition coefficient (Wildman–Crippen LogP) is 1.58. The Kier molecular flexibility index (Phi) is 4.65. The summed E-state index contributed by atoms with van der Waals surface area (Å²) in [7, 11) is -3.40. The summed E-state index contributed by atoms with van der Waals surface area (Å²) in [6.07, 6.45) is 6.13. The van der Waals surface area contributed by atoms with Crippen LogP contribution in [0.3, 0.4) is 0 Å². The van der Waals surface area contributed by atoms with Gasteiger partial charge in [0.2, 0.25) is 10.0 Å². The van der Waals surface area contributed by atoms with Crippen LogP contribution in [0.1, 0.15) is 38.3 Å². The molecule has 0 spiro atoms. The topological polar surface area (TPSA) is 88.0 Å². The first-order chi connectivity index (χ1) is 9.01. The largest absolute Gasteiger partial charge is 0.363 e. The summed E-state index contributed by atoms with van der Waals surface area (Å²) >= 11 is 0. The van der Waals surface area contributed by atoms with Crippen LogP contribution in [0, 0.1) is 11.8 Å². The molecule has 1 heterocycles. The highest BCUT2D eigenvalue weighted by Gasteiger charge is 2.21. The van der Waals surface area contributed by atoms with E-state index >= 15 is 0 Å². The second-order valence-electron chi connectivity index (χ2n) is 5.54. The molecule has 1 aromatic heterocycles. The first-order valence-electron chi connectivity index (χ1n) is 6.88. The lowest BCUT2D eigenvalue weighted by atomic mass is 9.83. The second kappa shape index (κ2) is 6.07. The number of hydrogen-bond acceptors (Lipinski definition) is 3. The van der Waals surface area contributed by atoms with Crippen LogP contribution in [0.2, 0.25) is 0 Å². The third-order valence-electron chi connectivity index (χ3n) is 3.94. The average molecular weight is 285 g/mol. The van der Waals surface area contributed by atoms with Gasteiger partial charge < -0.3 is 10.7 Å². The Balaban J connectivity index is 1.90. The van der Waals surface area contributed by atoms with Crippen molar-refractivity contribution < 1.29 is 8.42 Å². The van der Waals surface area contributed by atoms with Gasteiger partial charge in [-0.3, -0.25) is 0 Å². The summed E-state index contributed by atoms with van der Waals surface area (Å²) in [4.78, 5) is 3.14. The quantitative estimate of drug-likeness (QED) is 0.767. The highest BCUT2D eigenvalue weighted by molar-refractivity contribution is 7.89. The van der Waals surface area contributed by atoms with Crippen LogP contribution in [0.15, 0.2) is 17.2 Å². The van der Waals surface area contributed by atoms with Gasteiger partial charge in [0, 0.05) is 25.0 Å². The molecule has 0 unspecified atom stereocenters. The molecule has 1 aliphatic carbocycles. The Labute approximate surface area is 115 Å². The first-order valence-corrected chi connectivity index (χ1v) is 8.36. The third-order valence-corrected chi connectivity index (χ3v) is 5.35. The minimum Gasteiger partial charge on any atom is -0.363 e. The first kappa shape index (κ1) is 14.6. The van der Waals surface area contributed by atoms with Crippen molar-refractivity contribution in [2.75, 3.05) is 6.54 Å². The van der Waals surface area contributed by atoms with E-state index in [-0.39, 0.29) is 4.90 Å². The SMILES string of the molecule is CC1CCC(CNS(=O)(=O)c2c[nH]c(CN)c2)CC1. The monoisotopic (exact) mass is 285 g/mol. The molecular formula is C13H23N3O2S. The molecule has 0 saturated heterocycles. The van der Waals surface area contributed by atoms with E-state index in [0.717, 1.165) is 24.5 Å². The van der Waals surface area contributed by atoms with Crippen molar-refractivity contribution >= 4 is 10.0 Å². The molecule has 1 aromatic rings. The van der Waals surface area contributed by atoms with Gasteiger partial charge in [-0.05, 0) is 30.7 Å². The normalized spacial score (nSPS) is 24.5. The van der Waals surface area contributed by atoms with Gasteiger partial charge in [0.15, 0.2) is 0 Å². The molecule has 6 heteroatoms. The molecule has 19 heavy (non-hydrogen) atoms. The van der Waals surface area contributed by atoms with E-state index in [9.17, 15) is 8.42 Å². The molecule has 108 valence electrons. The number of nitrogens with two attached hydrogens (primary N) is 1. The van der Waals surface area contributed by atoms with Crippen molar-refractivity contribution in [3.05, 3.63) is 18.0 Å². The van der Waals surface area contributed by atoms with Gasteiger partial charge in [-0.15, -0.1) is 0 Å². The van der Waals surface area contributed by atoms with E-state index in [4.69, 9.17) is 5.73 Å². The Hall–Kier alpha value is -0.850. The lowest BCUT2D eigenvalue weighted by Gasteiger charge is -2.26. The second-order valence-corrected chi connectivity index (χ2v) is 7.31. The summed E-state index contributed by atoms with van der Waals surface area (Å²) < 4.78 is 26.9. The van der Waals surface area contributed by atoms with Gasteiger partial charge in [0.25, 0.3) is 0 Å². The van der Waals surface area contributed by atoms with E-state index < -0.39 is 10.0 Å². The van der Waals surface area contributed by atoms with Crippen molar-refractivity contribution in [3.8, 4) is 0 Å². The number of H-pyrrole nitrogens is 1. The minimum absolute atomic E-state index is 0.275. The van der Waals surface area contributed by atoms with Gasteiger partial charge >= 0.3 is 0 Å². The maximum absolute atomic E-state index is 12.1. The fourth-order valence-electron chi connectivity index (χ4n) is 2.54. The van der Waals surface area contributed by atoms with E-state index in [0.29, 0.717) is 19.0 Å². The van der Waals surface area contributed by atoms with Crippen molar-refractivity contribution in [1.29, 1.82) is 0 Å². The summed E-state index contributed by atoms with van der Waals surface area (Å²) in [5.41, 5.74) is 6.19. The highest BCUT2D eigenvalue weighted by Crippen LogP contribution is 2.28. The molecule has 2 rings (SSSR count). The van der Waals surface area contributed by atoms with Crippen LogP contribution in [-0.2, 0) is 16.6 Å². The Morgan fingerprint density at radius 3 is 2.63 bits per heavy atom. The zero-order valence-corrected chi connectivity index (χ0v) is 12.2. The molecule has 1 fully saturated rings. The van der Waals surface area contributed by atoms with Crippen LogP contribution in [0.5, 0.6) is 0 Å². The smallest absolute Gasteiger partial charge is 0.242 e. The van der Waals surface area contributed by atoms with Crippen LogP contribution in [0.4, 0.5) is 0 Å². The minimum atomic E-state index is -3.40. The lowest BCUT2D eigenvalue weighted by molar-refractivity contribution is 0.290. The fraction of sp³-hybridized carbons (Fsp3) is 0.692. The highest BCUT2D eigenvalue weighted by atomic mass is 32.2. The van der Waals surface area contributed by atoms with Crippen molar-refractivity contribution in [1.82, 2.24) is 9.71 Å². The molecule has 1 saturated carbocycles. The zero-order valence-electron chi connectivity index (χ0n) is 11.4. The van der Waals surface area contributed by atoms with E-state index in [1.807, 2.05) is 0 Å². The van der Waals surface area contributed by atoms with Crippen LogP contribution < -0.4 is 10.5 Å². The Bertz CT molecular complexity index is 502. The maximum Gasteiger partial charge on any atom is 0.242 e. The summed E-state index contributed by atoms with van der Waals surface area (Å²) in [5, 5.41) is 0. The number of rotatable bonds is 5. The molecule has 0 radical (unpaired) electrons. The number of sulfonamides is 1. The summed E-state index contributed by atoms with van der Waals surface area (Å²) in [5.74, 6) is 1.25. The average Bonchev–Trinajstić information content (AvgIpc) is 2.88. The molecule has 0 aromatic carbocycles. The maximum atomic E-state index is 12.1. The molecular weight excluding hydrogens is 262 g/mol. The molecule has 0 atom stereocenters. The van der Waals surface area contributed by atoms with Crippen LogP contribution in [-0.4, -0.2) is 19.9 Å². The molecule has 0 amide bonds. The number of aromatic nitrogens is 1. The van der Waals surface area contributed by atoms with E-state index in [1.165, 1.54) is 19.0 Å². The number of hydrogen-bond donors (Lipinski definition) is 3. The third kappa shape index (κ3) is 3.81. The Morgan fingerprint density at radius 1 is 1.37 bits per heavy atom. The molecule has 5 nitrogen and oxygen atoms in total. The van der Waals surface area contributed by atoms with E-state index in [1.54, 1.807) is 6.07 Å². The van der Waals surface area contributed by atoms with Gasteiger partial charge in [0.1, 0.15) is 0 Å². The number of nitrogens with one attached hydrogen (secondary N) is 2. The van der Waals surface area contributed by atoms with Crippen LogP contribution >= 0.6 is 0 Å². The Morgan fingerprint density at radius 2 is 2.05 bits per heavy atom. The molecule has 4 N–H and O–H groups in total. The standard InChI is InChI=1S/C13H23N3O2S/c1-10-2-4-11(5-3-10)8-16-19(17,18)13-6-12(7-14)15-9-13/h6,9-11,15-16H,2-5,7-8,14H2,1H3. The molecule has 1 aliphatic rings. The van der Waals surface area contributed by atoms with Crippen molar-refractivity contribution in [2.45, 2.75) is 44.0 Å². The van der Waals surface area contributed by atoms with E-state index in [2.05, 4.69) is 16.6 Å².